The van der Waals surface area contributed by atoms with Crippen molar-refractivity contribution >= 4 is 75.9 Å². The first kappa shape index (κ1) is 48.9. The number of aromatic nitrogens is 5. The number of alkyl halides is 2. The van der Waals surface area contributed by atoms with E-state index in [0.717, 1.165) is 4.90 Å². The molecule has 24 heteroatoms. The minimum Gasteiger partial charge on any atom is -0.378 e. The summed E-state index contributed by atoms with van der Waals surface area (Å²) in [6, 6.07) is 10.1. The second-order valence-corrected chi connectivity index (χ2v) is 17.1. The summed E-state index contributed by atoms with van der Waals surface area (Å²) in [5, 5.41) is 10.3. The number of rotatable bonds is 19. The number of carbonyl (C=O) groups is 8. The van der Waals surface area contributed by atoms with E-state index < -0.39 is 47.8 Å². The molecule has 8 amide bonds. The molecule has 4 aromatic rings. The van der Waals surface area contributed by atoms with Crippen LogP contribution in [0.4, 0.5) is 26.4 Å². The Morgan fingerprint density at radius 2 is 1.37 bits per heavy atom. The number of piperazine rings is 1. The topological polar surface area (TPSA) is 263 Å². The van der Waals surface area contributed by atoms with Crippen molar-refractivity contribution in [3.63, 3.8) is 0 Å². The van der Waals surface area contributed by atoms with Gasteiger partial charge in [-0.2, -0.15) is 15.0 Å². The Labute approximate surface area is 399 Å². The largest absolute Gasteiger partial charge is 0.378 e. The van der Waals surface area contributed by atoms with E-state index in [1.165, 1.54) is 22.8 Å². The number of nitrogens with zero attached hydrogens (tertiary/aromatic N) is 9. The highest BCUT2D eigenvalue weighted by Crippen LogP contribution is 2.33. The maximum absolute atomic E-state index is 14.3. The lowest BCUT2D eigenvalue weighted by Gasteiger charge is -2.35. The first-order valence-corrected chi connectivity index (χ1v) is 23.4. The highest BCUT2D eigenvalue weighted by Gasteiger charge is 2.46. The summed E-state index contributed by atoms with van der Waals surface area (Å²) in [6.45, 7) is 4.21. The number of anilines is 3. The average Bonchev–Trinajstić information content (AvgIpc) is 3.88. The molecule has 3 fully saturated rings. The number of carbonyl (C=O) groups excluding carboxylic acids is 8. The molecule has 2 aromatic carbocycles. The van der Waals surface area contributed by atoms with Crippen molar-refractivity contribution in [1.29, 1.82) is 0 Å². The molecule has 22 nitrogen and oxygen atoms in total. The van der Waals surface area contributed by atoms with Crippen LogP contribution in [0, 0.1) is 0 Å². The van der Waals surface area contributed by atoms with Gasteiger partial charge in [-0.3, -0.25) is 53.1 Å². The van der Waals surface area contributed by atoms with Gasteiger partial charge in [0, 0.05) is 84.5 Å². The molecule has 2 aromatic heterocycles. The van der Waals surface area contributed by atoms with Crippen LogP contribution in [0.3, 0.4) is 0 Å². The number of imide groups is 2. The number of para-hydroxylation sites is 2. The van der Waals surface area contributed by atoms with Gasteiger partial charge in [0.2, 0.25) is 53.3 Å². The van der Waals surface area contributed by atoms with Gasteiger partial charge in [-0.05, 0) is 49.9 Å². The van der Waals surface area contributed by atoms with Crippen LogP contribution in [0.15, 0.2) is 42.5 Å². The number of hydrogen-bond acceptors (Lipinski definition) is 15. The summed E-state index contributed by atoms with van der Waals surface area (Å²) in [5.41, 5.74) is 0.938. The molecular weight excluding hydrogens is 917 g/mol. The van der Waals surface area contributed by atoms with Crippen molar-refractivity contribution in [2.45, 2.75) is 76.7 Å². The smallest absolute Gasteiger partial charge is 0.296 e. The molecule has 70 heavy (non-hydrogen) atoms. The molecule has 3 saturated heterocycles. The number of piperidine rings is 1. The number of morpholine rings is 1. The predicted molar refractivity (Wildman–Crippen MR) is 246 cm³/mol. The molecule has 4 N–H and O–H groups in total. The second kappa shape index (κ2) is 22.3. The van der Waals surface area contributed by atoms with Crippen molar-refractivity contribution in [3.8, 4) is 5.95 Å². The summed E-state index contributed by atoms with van der Waals surface area (Å²) < 4.78 is 35.4. The quantitative estimate of drug-likeness (QED) is 0.0774. The third-order valence-electron chi connectivity index (χ3n) is 12.4. The first-order valence-electron chi connectivity index (χ1n) is 23.4. The summed E-state index contributed by atoms with van der Waals surface area (Å²) >= 11 is 0. The highest BCUT2D eigenvalue weighted by molar-refractivity contribution is 6.26. The Morgan fingerprint density at radius 1 is 0.700 bits per heavy atom. The molecule has 4 aliphatic rings. The van der Waals surface area contributed by atoms with Gasteiger partial charge in [-0.25, -0.2) is 13.8 Å². The molecule has 0 aliphatic carbocycles. The van der Waals surface area contributed by atoms with E-state index in [-0.39, 0.29) is 85.6 Å². The Bertz CT molecular complexity index is 2670. The summed E-state index contributed by atoms with van der Waals surface area (Å²) in [6.07, 6.45) is -0.461. The van der Waals surface area contributed by atoms with Gasteiger partial charge in [-0.1, -0.05) is 24.6 Å². The number of fused-ring (bicyclic) bond motifs is 2. The van der Waals surface area contributed by atoms with Gasteiger partial charge in [0.05, 0.1) is 41.1 Å². The van der Waals surface area contributed by atoms with Crippen molar-refractivity contribution in [2.24, 2.45) is 0 Å². The van der Waals surface area contributed by atoms with Crippen LogP contribution in [0.25, 0.3) is 17.0 Å². The second-order valence-electron chi connectivity index (χ2n) is 17.1. The fourth-order valence-corrected chi connectivity index (χ4v) is 8.72. The van der Waals surface area contributed by atoms with Gasteiger partial charge in [-0.15, -0.1) is 0 Å². The summed E-state index contributed by atoms with van der Waals surface area (Å²) in [4.78, 5) is 126. The minimum atomic E-state index is -2.88. The molecule has 0 bridgehead atoms. The standard InChI is InChI=1S/C46H53F2N13O9/c47-39(48)40-52-29-9-3-4-11-31(29)60(40)46-55-44(54-45(56-46)59-24-26-70-27-25-59)58-22-20-57(21-23-58)37(66)13-2-1-5-18-49-33(62)16-17-34(63)50-19-7-12-35(64)51-30-10-6-8-28-38(30)43(69)61(42(28)68)32-14-15-36(65)53-41(32)67/h3-4,6,8-11,32,39H,1-2,5,7,12-27H2,(H,49,62)(H,50,63)(H,51,64)(H,53,65,67). The van der Waals surface area contributed by atoms with Crippen LogP contribution in [0.5, 0.6) is 0 Å². The third kappa shape index (κ3) is 11.3. The van der Waals surface area contributed by atoms with Crippen LogP contribution >= 0.6 is 0 Å². The monoisotopic (exact) mass is 969 g/mol. The summed E-state index contributed by atoms with van der Waals surface area (Å²) in [7, 11) is 0. The lowest BCUT2D eigenvalue weighted by Crippen LogP contribution is -2.54. The zero-order chi connectivity index (χ0) is 49.3. The number of ether oxygens (including phenoxy) is 1. The normalized spacial score (nSPS) is 17.3. The molecular formula is C46H53F2N13O9. The van der Waals surface area contributed by atoms with Crippen molar-refractivity contribution < 1.29 is 51.9 Å². The Hall–Kier alpha value is -7.50. The number of amides is 8. The molecule has 4 aliphatic heterocycles. The number of nitrogens with one attached hydrogen (secondary N) is 4. The molecule has 8 rings (SSSR count). The number of benzene rings is 2. The molecule has 1 atom stereocenters. The average molecular weight is 970 g/mol. The lowest BCUT2D eigenvalue weighted by atomic mass is 10.0. The predicted octanol–water partition coefficient (Wildman–Crippen LogP) is 2.03. The van der Waals surface area contributed by atoms with Crippen molar-refractivity contribution in [1.82, 2.24) is 50.3 Å². The number of unbranched alkanes of at least 4 members (excludes halogenated alkanes) is 2. The van der Waals surface area contributed by atoms with Crippen LogP contribution in [-0.4, -0.2) is 153 Å². The van der Waals surface area contributed by atoms with Gasteiger partial charge in [0.15, 0.2) is 5.82 Å². The first-order chi connectivity index (χ1) is 33.9. The van der Waals surface area contributed by atoms with Gasteiger partial charge in [0.25, 0.3) is 18.2 Å². The highest BCUT2D eigenvalue weighted by atomic mass is 19.3. The zero-order valence-corrected chi connectivity index (χ0v) is 38.3. The molecule has 370 valence electrons. The summed E-state index contributed by atoms with van der Waals surface area (Å²) in [5.74, 6) is -3.56. The molecule has 6 heterocycles. The fourth-order valence-electron chi connectivity index (χ4n) is 8.72. The van der Waals surface area contributed by atoms with Crippen LogP contribution in [-0.2, 0) is 33.5 Å². The van der Waals surface area contributed by atoms with Crippen LogP contribution in [0.2, 0.25) is 0 Å². The number of imidazole rings is 1. The Balaban J connectivity index is 0.703. The van der Waals surface area contributed by atoms with E-state index in [9.17, 15) is 47.1 Å². The van der Waals surface area contributed by atoms with Crippen LogP contribution < -0.4 is 31.1 Å². The fraction of sp³-hybridized carbons (Fsp3) is 0.478. The van der Waals surface area contributed by atoms with Crippen molar-refractivity contribution in [3.05, 3.63) is 59.4 Å². The Kier molecular flexibility index (Phi) is 15.6. The van der Waals surface area contributed by atoms with E-state index >= 15 is 0 Å². The van der Waals surface area contributed by atoms with E-state index in [0.29, 0.717) is 108 Å². The lowest BCUT2D eigenvalue weighted by molar-refractivity contribution is -0.136. The minimum absolute atomic E-state index is 0.000700. The number of halogens is 2. The van der Waals surface area contributed by atoms with E-state index in [2.05, 4.69) is 36.2 Å². The third-order valence-corrected chi connectivity index (χ3v) is 12.4. The number of hydrogen-bond donors (Lipinski definition) is 4. The maximum Gasteiger partial charge on any atom is 0.296 e. The van der Waals surface area contributed by atoms with Gasteiger partial charge in [0.1, 0.15) is 6.04 Å². The molecule has 0 saturated carbocycles. The SMILES string of the molecule is O=C(CCC(=O)NCCCC(=O)Nc1cccc2c1C(=O)N(C1CCC(=O)NC1=O)C2=O)NCCCCCC(=O)N1CCN(c2nc(N3CCOCC3)nc(-n3c(C(F)F)nc4ccccc43)n2)CC1. The maximum atomic E-state index is 14.3. The van der Waals surface area contributed by atoms with Gasteiger partial charge >= 0.3 is 0 Å². The molecule has 0 spiro atoms. The van der Waals surface area contributed by atoms with E-state index in [1.54, 1.807) is 29.2 Å². The van der Waals surface area contributed by atoms with E-state index in [1.807, 2.05) is 9.80 Å². The zero-order valence-electron chi connectivity index (χ0n) is 38.3. The van der Waals surface area contributed by atoms with Crippen molar-refractivity contribution in [2.75, 3.05) is 80.7 Å². The van der Waals surface area contributed by atoms with Gasteiger partial charge < -0.3 is 35.4 Å². The Morgan fingerprint density at radius 3 is 2.07 bits per heavy atom. The molecule has 0 radical (unpaired) electrons. The van der Waals surface area contributed by atoms with E-state index in [4.69, 9.17) is 9.72 Å². The van der Waals surface area contributed by atoms with Crippen LogP contribution in [0.1, 0.15) is 97.2 Å². The molecule has 1 unspecified atom stereocenters.